The molecule has 4 N–H and O–H groups in total. The summed E-state index contributed by atoms with van der Waals surface area (Å²) in [5.41, 5.74) is 5.31. The van der Waals surface area contributed by atoms with E-state index in [2.05, 4.69) is 0 Å². The summed E-state index contributed by atoms with van der Waals surface area (Å²) < 4.78 is 10.1. The molecule has 0 spiro atoms. The molecule has 0 radical (unpaired) electrons. The molecule has 0 amide bonds. The Morgan fingerprint density at radius 1 is 1.38 bits per heavy atom. The predicted octanol–water partition coefficient (Wildman–Crippen LogP) is 1.25. The number of carboxylic acids is 1. The van der Waals surface area contributed by atoms with Crippen molar-refractivity contribution in [2.24, 2.45) is 5.73 Å². The quantitative estimate of drug-likeness (QED) is 0.527. The van der Waals surface area contributed by atoms with Crippen LogP contribution in [0.5, 0.6) is 0 Å². The molecule has 1 aliphatic heterocycles. The maximum Gasteiger partial charge on any atom is 0.337 e. The number of hydrogen-bond donors (Lipinski definition) is 3. The van der Waals surface area contributed by atoms with Crippen molar-refractivity contribution in [3.8, 4) is 0 Å². The largest absolute Gasteiger partial charge is 0.479 e. The molecule has 134 valence electrons. The zero-order chi connectivity index (χ0) is 18.0. The van der Waals surface area contributed by atoms with Gasteiger partial charge in [0.1, 0.15) is 5.54 Å². The number of rotatable bonds is 6. The van der Waals surface area contributed by atoms with E-state index in [4.69, 9.17) is 25.4 Å². The molecule has 2 unspecified atom stereocenters. The van der Waals surface area contributed by atoms with Crippen LogP contribution >= 0.6 is 0 Å². The van der Waals surface area contributed by atoms with Gasteiger partial charge in [0, 0.05) is 13.0 Å². The highest BCUT2D eigenvalue weighted by Crippen LogP contribution is 2.17. The van der Waals surface area contributed by atoms with Crippen LogP contribution in [0.2, 0.25) is 0 Å². The molecule has 2 atom stereocenters. The summed E-state index contributed by atoms with van der Waals surface area (Å²) in [6, 6.07) is 8.26. The van der Waals surface area contributed by atoms with Gasteiger partial charge in [-0.3, -0.25) is 0 Å². The number of hydrogen-bond acceptors (Lipinski definition) is 6. The van der Waals surface area contributed by atoms with E-state index in [9.17, 15) is 9.59 Å². The molecule has 1 aromatic rings. The fourth-order valence-electron chi connectivity index (χ4n) is 1.97. The van der Waals surface area contributed by atoms with Gasteiger partial charge in [0.2, 0.25) is 0 Å². The molecule has 0 aliphatic carbocycles. The van der Waals surface area contributed by atoms with E-state index >= 15 is 0 Å². The van der Waals surface area contributed by atoms with Gasteiger partial charge < -0.3 is 25.4 Å². The highest BCUT2D eigenvalue weighted by Gasteiger charge is 2.39. The summed E-state index contributed by atoms with van der Waals surface area (Å²) in [6.45, 7) is 3.36. The topological polar surface area (TPSA) is 119 Å². The Kier molecular flexibility index (Phi) is 8.39. The van der Waals surface area contributed by atoms with Crippen LogP contribution in [-0.2, 0) is 19.1 Å². The SMILES string of the molecule is CCCCOC(=O)C1(N)CCOC1.O=C(O)C(O)c1ccccc1. The third-order valence-corrected chi connectivity index (χ3v) is 3.54. The minimum absolute atomic E-state index is 0.290. The molecule has 2 rings (SSSR count). The van der Waals surface area contributed by atoms with Crippen molar-refractivity contribution >= 4 is 11.9 Å². The summed E-state index contributed by atoms with van der Waals surface area (Å²) >= 11 is 0. The van der Waals surface area contributed by atoms with Gasteiger partial charge in [0.05, 0.1) is 13.2 Å². The molecule has 1 saturated heterocycles. The monoisotopic (exact) mass is 339 g/mol. The molecule has 1 heterocycles. The summed E-state index contributed by atoms with van der Waals surface area (Å²) in [6.07, 6.45) is 1.07. The Labute approximate surface area is 141 Å². The zero-order valence-corrected chi connectivity index (χ0v) is 13.8. The third-order valence-electron chi connectivity index (χ3n) is 3.54. The number of aliphatic hydroxyl groups excluding tert-OH is 1. The first-order valence-corrected chi connectivity index (χ1v) is 7.90. The number of ether oxygens (including phenoxy) is 2. The Hall–Kier alpha value is -1.96. The molecule has 7 nitrogen and oxygen atoms in total. The number of aliphatic carboxylic acids is 1. The second-order valence-corrected chi connectivity index (χ2v) is 5.60. The van der Waals surface area contributed by atoms with Crippen molar-refractivity contribution < 1.29 is 29.3 Å². The number of aliphatic hydroxyl groups is 1. The van der Waals surface area contributed by atoms with Gasteiger partial charge in [-0.2, -0.15) is 0 Å². The van der Waals surface area contributed by atoms with Crippen LogP contribution in [-0.4, -0.2) is 47.5 Å². The van der Waals surface area contributed by atoms with Crippen LogP contribution in [0.1, 0.15) is 37.9 Å². The second kappa shape index (κ2) is 10.0. The van der Waals surface area contributed by atoms with Crippen molar-refractivity contribution in [2.75, 3.05) is 19.8 Å². The smallest absolute Gasteiger partial charge is 0.337 e. The van der Waals surface area contributed by atoms with Gasteiger partial charge in [0.15, 0.2) is 6.10 Å². The van der Waals surface area contributed by atoms with E-state index in [1.165, 1.54) is 0 Å². The van der Waals surface area contributed by atoms with Crippen molar-refractivity contribution in [3.63, 3.8) is 0 Å². The van der Waals surface area contributed by atoms with Crippen LogP contribution in [0.3, 0.4) is 0 Å². The van der Waals surface area contributed by atoms with Crippen molar-refractivity contribution in [2.45, 2.75) is 37.8 Å². The van der Waals surface area contributed by atoms with Crippen molar-refractivity contribution in [1.82, 2.24) is 0 Å². The molecular formula is C17H25NO6. The third kappa shape index (κ3) is 6.27. The zero-order valence-electron chi connectivity index (χ0n) is 13.8. The van der Waals surface area contributed by atoms with Gasteiger partial charge in [-0.1, -0.05) is 43.7 Å². The Bertz CT molecular complexity index is 513. The fourth-order valence-corrected chi connectivity index (χ4v) is 1.97. The molecule has 1 fully saturated rings. The highest BCUT2D eigenvalue weighted by molar-refractivity contribution is 5.81. The van der Waals surface area contributed by atoms with Gasteiger partial charge >= 0.3 is 11.9 Å². The predicted molar refractivity (Wildman–Crippen MR) is 87.3 cm³/mol. The summed E-state index contributed by atoms with van der Waals surface area (Å²) in [5.74, 6) is -1.55. The van der Waals surface area contributed by atoms with Crippen LogP contribution in [0, 0.1) is 0 Å². The lowest BCUT2D eigenvalue weighted by Crippen LogP contribution is -2.49. The Morgan fingerprint density at radius 3 is 2.54 bits per heavy atom. The van der Waals surface area contributed by atoms with Crippen LogP contribution < -0.4 is 5.73 Å². The first-order chi connectivity index (χ1) is 11.4. The van der Waals surface area contributed by atoms with E-state index in [0.29, 0.717) is 25.2 Å². The van der Waals surface area contributed by atoms with Crippen LogP contribution in [0.25, 0.3) is 0 Å². The van der Waals surface area contributed by atoms with Crippen LogP contribution in [0.15, 0.2) is 30.3 Å². The maximum atomic E-state index is 11.4. The summed E-state index contributed by atoms with van der Waals surface area (Å²) in [7, 11) is 0. The van der Waals surface area contributed by atoms with E-state index in [1.807, 2.05) is 6.92 Å². The molecule has 24 heavy (non-hydrogen) atoms. The standard InChI is InChI=1S/C9H17NO3.C8H8O3/c1-2-3-5-13-8(11)9(10)4-6-12-7-9;9-7(8(10)11)6-4-2-1-3-5-6/h2-7,10H2,1H3;1-5,7,9H,(H,10,11). The molecule has 1 aliphatic rings. The maximum absolute atomic E-state index is 11.4. The molecule has 0 bridgehead atoms. The molecule has 7 heteroatoms. The number of carboxylic acid groups (broad SMARTS) is 1. The second-order valence-electron chi connectivity index (χ2n) is 5.60. The molecule has 0 aromatic heterocycles. The lowest BCUT2D eigenvalue weighted by molar-refractivity contribution is -0.150. The summed E-state index contributed by atoms with van der Waals surface area (Å²) in [4.78, 5) is 21.7. The average molecular weight is 339 g/mol. The molecule has 0 saturated carbocycles. The minimum atomic E-state index is -1.41. The van der Waals surface area contributed by atoms with Gasteiger partial charge in [-0.25, -0.2) is 9.59 Å². The number of carbonyl (C=O) groups excluding carboxylic acids is 1. The van der Waals surface area contributed by atoms with Gasteiger partial charge in [-0.05, 0) is 12.0 Å². The van der Waals surface area contributed by atoms with Crippen molar-refractivity contribution in [1.29, 1.82) is 0 Å². The summed E-state index contributed by atoms with van der Waals surface area (Å²) in [5, 5.41) is 17.4. The lowest BCUT2D eigenvalue weighted by Gasteiger charge is -2.19. The number of carbonyl (C=O) groups is 2. The minimum Gasteiger partial charge on any atom is -0.479 e. The van der Waals surface area contributed by atoms with Gasteiger partial charge in [-0.15, -0.1) is 0 Å². The first-order valence-electron chi connectivity index (χ1n) is 7.90. The normalized spacial score (nSPS) is 20.6. The van der Waals surface area contributed by atoms with Gasteiger partial charge in [0.25, 0.3) is 0 Å². The Morgan fingerprint density at radius 2 is 2.04 bits per heavy atom. The van der Waals surface area contributed by atoms with Crippen LogP contribution in [0.4, 0.5) is 0 Å². The number of esters is 1. The average Bonchev–Trinajstić information content (AvgIpc) is 3.03. The van der Waals surface area contributed by atoms with E-state index in [0.717, 1.165) is 12.8 Å². The highest BCUT2D eigenvalue weighted by atomic mass is 16.5. The lowest BCUT2D eigenvalue weighted by atomic mass is 10.0. The van der Waals surface area contributed by atoms with E-state index in [-0.39, 0.29) is 12.6 Å². The Balaban J connectivity index is 0.000000243. The van der Waals surface area contributed by atoms with E-state index in [1.54, 1.807) is 30.3 Å². The van der Waals surface area contributed by atoms with E-state index < -0.39 is 17.6 Å². The number of benzene rings is 1. The number of nitrogens with two attached hydrogens (primary N) is 1. The number of unbranched alkanes of at least 4 members (excludes halogenated alkanes) is 1. The van der Waals surface area contributed by atoms with Crippen molar-refractivity contribution in [3.05, 3.63) is 35.9 Å². The fraction of sp³-hybridized carbons (Fsp3) is 0.529. The molecular weight excluding hydrogens is 314 g/mol. The molecule has 1 aromatic carbocycles. The first kappa shape index (κ1) is 20.1.